The van der Waals surface area contributed by atoms with Gasteiger partial charge in [-0.1, -0.05) is 28.9 Å². The zero-order chi connectivity index (χ0) is 19.0. The molecule has 0 aromatic heterocycles. The summed E-state index contributed by atoms with van der Waals surface area (Å²) < 4.78 is 17.9. The largest absolute Gasteiger partial charge is 0.490 e. The van der Waals surface area contributed by atoms with Crippen molar-refractivity contribution in [2.45, 2.75) is 51.9 Å². The van der Waals surface area contributed by atoms with Crippen LogP contribution in [0.2, 0.25) is 0 Å². The van der Waals surface area contributed by atoms with Crippen LogP contribution < -0.4 is 10.1 Å². The number of halogens is 1. The van der Waals surface area contributed by atoms with Crippen LogP contribution in [0.5, 0.6) is 5.75 Å². The van der Waals surface area contributed by atoms with Crippen LogP contribution >= 0.6 is 15.9 Å². The second-order valence-corrected chi connectivity index (χ2v) is 7.44. The van der Waals surface area contributed by atoms with Crippen molar-refractivity contribution < 1.29 is 24.1 Å². The maximum atomic E-state index is 12.2. The third-order valence-corrected chi connectivity index (χ3v) is 3.79. The van der Waals surface area contributed by atoms with Gasteiger partial charge in [-0.15, -0.1) is 0 Å². The molecule has 0 saturated carbocycles. The quantitative estimate of drug-likeness (QED) is 0.778. The highest BCUT2D eigenvalue weighted by Gasteiger charge is 2.34. The van der Waals surface area contributed by atoms with E-state index in [2.05, 4.69) is 21.2 Å². The molecule has 1 aliphatic rings. The van der Waals surface area contributed by atoms with Crippen molar-refractivity contribution >= 4 is 22.0 Å². The molecule has 1 heterocycles. The summed E-state index contributed by atoms with van der Waals surface area (Å²) in [5.74, 6) is 0.747. The summed E-state index contributed by atoms with van der Waals surface area (Å²) in [7, 11) is 1.00. The van der Waals surface area contributed by atoms with Gasteiger partial charge in [0.2, 0.25) is 0 Å². The van der Waals surface area contributed by atoms with Gasteiger partial charge in [-0.05, 0) is 39.3 Å². The Hall–Kier alpha value is -1.31. The number of benzene rings is 1. The van der Waals surface area contributed by atoms with Gasteiger partial charge in [0.15, 0.2) is 0 Å². The van der Waals surface area contributed by atoms with Crippen LogP contribution in [0, 0.1) is 0 Å². The van der Waals surface area contributed by atoms with E-state index in [1.807, 2.05) is 45.9 Å². The van der Waals surface area contributed by atoms with Gasteiger partial charge in [0, 0.05) is 23.8 Å². The first-order chi connectivity index (χ1) is 11.8. The molecule has 2 rings (SSSR count). The molecule has 0 bridgehead atoms. The number of fused-ring (bicyclic) bond motifs is 1. The first kappa shape index (κ1) is 21.7. The van der Waals surface area contributed by atoms with E-state index in [0.717, 1.165) is 29.3 Å². The second-order valence-electron chi connectivity index (χ2n) is 6.53. The summed E-state index contributed by atoms with van der Waals surface area (Å²) in [6, 6.07) is 5.46. The molecule has 2 unspecified atom stereocenters. The molecule has 142 valence electrons. The number of hydrogen-bond donors (Lipinski definition) is 2. The molecule has 6 nitrogen and oxygen atoms in total. The van der Waals surface area contributed by atoms with Crippen LogP contribution in [-0.4, -0.2) is 43.2 Å². The van der Waals surface area contributed by atoms with Crippen LogP contribution in [0.1, 0.15) is 45.7 Å². The highest BCUT2D eigenvalue weighted by Crippen LogP contribution is 2.35. The number of hydrogen-bond acceptors (Lipinski definition) is 5. The number of nitrogens with one attached hydrogen (secondary N) is 1. The number of carbonyl (C=O) groups is 1. The SMILES string of the molecule is CCCOC1COc2cc(Br)ccc2C1NC(=O)OC(C)(C)C.CO. The Labute approximate surface area is 158 Å². The Morgan fingerprint density at radius 2 is 2.08 bits per heavy atom. The van der Waals surface area contributed by atoms with Gasteiger partial charge < -0.3 is 24.6 Å². The van der Waals surface area contributed by atoms with Crippen LogP contribution in [0.15, 0.2) is 22.7 Å². The molecule has 0 aliphatic carbocycles. The first-order valence-corrected chi connectivity index (χ1v) is 9.07. The molecule has 0 saturated heterocycles. The third-order valence-electron chi connectivity index (χ3n) is 3.29. The number of ether oxygens (including phenoxy) is 3. The predicted molar refractivity (Wildman–Crippen MR) is 99.9 cm³/mol. The highest BCUT2D eigenvalue weighted by atomic mass is 79.9. The van der Waals surface area contributed by atoms with Crippen LogP contribution in [0.4, 0.5) is 4.79 Å². The van der Waals surface area contributed by atoms with Crippen molar-refractivity contribution in [2.24, 2.45) is 0 Å². The number of alkyl carbamates (subject to hydrolysis) is 1. The lowest BCUT2D eigenvalue weighted by atomic mass is 9.98. The zero-order valence-corrected chi connectivity index (χ0v) is 17.1. The molecule has 2 N–H and O–H groups in total. The van der Waals surface area contributed by atoms with Crippen molar-refractivity contribution in [3.05, 3.63) is 28.2 Å². The summed E-state index contributed by atoms with van der Waals surface area (Å²) in [6.45, 7) is 8.58. The van der Waals surface area contributed by atoms with E-state index in [9.17, 15) is 4.79 Å². The Morgan fingerprint density at radius 1 is 1.40 bits per heavy atom. The van der Waals surface area contributed by atoms with E-state index in [0.29, 0.717) is 13.2 Å². The molecule has 1 aliphatic heterocycles. The molecular formula is C18H28BrNO5. The average Bonchev–Trinajstić information content (AvgIpc) is 2.54. The van der Waals surface area contributed by atoms with Crippen molar-refractivity contribution in [1.82, 2.24) is 5.32 Å². The number of carbonyl (C=O) groups excluding carboxylic acids is 1. The third kappa shape index (κ3) is 6.84. The average molecular weight is 418 g/mol. The van der Waals surface area contributed by atoms with Crippen molar-refractivity contribution in [2.75, 3.05) is 20.3 Å². The Bertz CT molecular complexity index is 559. The van der Waals surface area contributed by atoms with E-state index in [1.54, 1.807) is 0 Å². The summed E-state index contributed by atoms with van der Waals surface area (Å²) in [5, 5.41) is 9.93. The maximum Gasteiger partial charge on any atom is 0.408 e. The summed E-state index contributed by atoms with van der Waals surface area (Å²) >= 11 is 3.43. The summed E-state index contributed by atoms with van der Waals surface area (Å²) in [5.41, 5.74) is 0.351. The zero-order valence-electron chi connectivity index (χ0n) is 15.5. The van der Waals surface area contributed by atoms with Gasteiger partial charge in [-0.2, -0.15) is 0 Å². The summed E-state index contributed by atoms with van der Waals surface area (Å²) in [4.78, 5) is 12.2. The smallest absolute Gasteiger partial charge is 0.408 e. The van der Waals surface area contributed by atoms with Crippen LogP contribution in [-0.2, 0) is 9.47 Å². The number of aliphatic hydroxyl groups excluding tert-OH is 1. The van der Waals surface area contributed by atoms with Gasteiger partial charge >= 0.3 is 6.09 Å². The van der Waals surface area contributed by atoms with Gasteiger partial charge in [0.1, 0.15) is 24.1 Å². The molecular weight excluding hydrogens is 390 g/mol. The Balaban J connectivity index is 0.00000151. The van der Waals surface area contributed by atoms with E-state index in [1.165, 1.54) is 0 Å². The molecule has 1 aromatic rings. The Morgan fingerprint density at radius 3 is 2.68 bits per heavy atom. The van der Waals surface area contributed by atoms with E-state index in [4.69, 9.17) is 19.3 Å². The topological polar surface area (TPSA) is 77.0 Å². The van der Waals surface area contributed by atoms with Crippen LogP contribution in [0.3, 0.4) is 0 Å². The highest BCUT2D eigenvalue weighted by molar-refractivity contribution is 9.10. The molecule has 0 spiro atoms. The first-order valence-electron chi connectivity index (χ1n) is 8.28. The predicted octanol–water partition coefficient (Wildman–Crippen LogP) is 3.81. The second kappa shape index (κ2) is 9.99. The number of amides is 1. The molecule has 2 atom stereocenters. The minimum atomic E-state index is -0.544. The van der Waals surface area contributed by atoms with E-state index in [-0.39, 0.29) is 12.1 Å². The maximum absolute atomic E-state index is 12.2. The normalized spacial score (nSPS) is 19.0. The fraction of sp³-hybridized carbons (Fsp3) is 0.611. The number of rotatable bonds is 4. The van der Waals surface area contributed by atoms with Gasteiger partial charge in [0.05, 0.1) is 6.04 Å². The van der Waals surface area contributed by atoms with Crippen molar-refractivity contribution in [3.8, 4) is 5.75 Å². The van der Waals surface area contributed by atoms with Gasteiger partial charge in [-0.3, -0.25) is 0 Å². The van der Waals surface area contributed by atoms with Crippen molar-refractivity contribution in [3.63, 3.8) is 0 Å². The molecule has 0 radical (unpaired) electrons. The van der Waals surface area contributed by atoms with Crippen LogP contribution in [0.25, 0.3) is 0 Å². The Kier molecular flexibility index (Phi) is 8.68. The van der Waals surface area contributed by atoms with Gasteiger partial charge in [-0.25, -0.2) is 4.79 Å². The fourth-order valence-corrected chi connectivity index (χ4v) is 2.72. The minimum Gasteiger partial charge on any atom is -0.490 e. The molecule has 0 fully saturated rings. The molecule has 25 heavy (non-hydrogen) atoms. The summed E-state index contributed by atoms with van der Waals surface area (Å²) in [6.07, 6.45) is 0.211. The van der Waals surface area contributed by atoms with E-state index >= 15 is 0 Å². The monoisotopic (exact) mass is 417 g/mol. The van der Waals surface area contributed by atoms with Gasteiger partial charge in [0.25, 0.3) is 0 Å². The lowest BCUT2D eigenvalue weighted by molar-refractivity contribution is -0.0194. The van der Waals surface area contributed by atoms with E-state index < -0.39 is 11.7 Å². The molecule has 1 amide bonds. The molecule has 1 aromatic carbocycles. The lowest BCUT2D eigenvalue weighted by Gasteiger charge is -2.34. The fourth-order valence-electron chi connectivity index (χ4n) is 2.38. The van der Waals surface area contributed by atoms with Crippen molar-refractivity contribution in [1.29, 1.82) is 0 Å². The lowest BCUT2D eigenvalue weighted by Crippen LogP contribution is -2.45. The number of aliphatic hydroxyl groups is 1. The minimum absolute atomic E-state index is 0.240. The molecule has 7 heteroatoms. The standard InChI is InChI=1S/C17H24BrNO4.CH4O/c1-5-8-21-14-10-22-13-9-11(18)6-7-12(13)15(14)19-16(20)23-17(2,3)4;1-2/h6-7,9,14-15H,5,8,10H2,1-4H3,(H,19,20);2H,1H3.